The van der Waals surface area contributed by atoms with Crippen molar-refractivity contribution in [2.45, 2.75) is 32.6 Å². The molecular formula is C34H36FN5. The van der Waals surface area contributed by atoms with Crippen LogP contribution in [-0.2, 0) is 0 Å². The zero-order valence-corrected chi connectivity index (χ0v) is 23.0. The van der Waals surface area contributed by atoms with Gasteiger partial charge < -0.3 is 16.0 Å². The third-order valence-electron chi connectivity index (χ3n) is 7.70. The number of allylic oxidation sites excluding steroid dienone is 3. The molecule has 0 spiro atoms. The van der Waals surface area contributed by atoms with E-state index in [1.165, 1.54) is 37.8 Å². The zero-order chi connectivity index (χ0) is 28.1. The molecule has 1 saturated carbocycles. The predicted molar refractivity (Wildman–Crippen MR) is 165 cm³/mol. The Balaban J connectivity index is 1.40. The number of halogens is 1. The van der Waals surface area contributed by atoms with Gasteiger partial charge in [-0.1, -0.05) is 62.4 Å². The summed E-state index contributed by atoms with van der Waals surface area (Å²) in [4.78, 5) is 12.6. The lowest BCUT2D eigenvalue weighted by Crippen LogP contribution is -2.23. The SMILES string of the molecule is C=C/C(=C\C(=C/C)c1ccc(N)c(C(=C)c2nc3c(-c4ccc(F)cc4)cncc3[nH]2)c1)CNCC1CCCC1. The van der Waals surface area contributed by atoms with Gasteiger partial charge in [0.15, 0.2) is 0 Å². The molecule has 204 valence electrons. The summed E-state index contributed by atoms with van der Waals surface area (Å²) < 4.78 is 13.5. The van der Waals surface area contributed by atoms with Crippen LogP contribution in [0, 0.1) is 11.7 Å². The maximum atomic E-state index is 13.5. The number of nitrogens with zero attached hydrogens (tertiary/aromatic N) is 2. The first-order valence-electron chi connectivity index (χ1n) is 13.9. The highest BCUT2D eigenvalue weighted by Crippen LogP contribution is 2.32. The van der Waals surface area contributed by atoms with Gasteiger partial charge in [-0.15, -0.1) is 0 Å². The van der Waals surface area contributed by atoms with Gasteiger partial charge in [0.05, 0.1) is 17.2 Å². The van der Waals surface area contributed by atoms with Crippen LogP contribution in [0.25, 0.3) is 33.3 Å². The number of fused-ring (bicyclic) bond motifs is 1. The highest BCUT2D eigenvalue weighted by molar-refractivity contribution is 5.94. The van der Waals surface area contributed by atoms with E-state index in [0.29, 0.717) is 17.1 Å². The first kappa shape index (κ1) is 27.3. The van der Waals surface area contributed by atoms with Gasteiger partial charge in [0, 0.05) is 35.1 Å². The molecule has 4 N–H and O–H groups in total. The monoisotopic (exact) mass is 533 g/mol. The number of benzene rings is 2. The van der Waals surface area contributed by atoms with Gasteiger partial charge >= 0.3 is 0 Å². The summed E-state index contributed by atoms with van der Waals surface area (Å²) in [6, 6.07) is 12.3. The van der Waals surface area contributed by atoms with E-state index in [1.807, 2.05) is 25.1 Å². The number of hydrogen-bond acceptors (Lipinski definition) is 4. The number of nitrogen functional groups attached to an aromatic ring is 1. The largest absolute Gasteiger partial charge is 0.398 e. The van der Waals surface area contributed by atoms with Crippen LogP contribution >= 0.6 is 0 Å². The fraction of sp³-hybridized carbons (Fsp3) is 0.235. The van der Waals surface area contributed by atoms with Crippen molar-refractivity contribution in [1.82, 2.24) is 20.3 Å². The first-order valence-corrected chi connectivity index (χ1v) is 13.9. The normalized spacial score (nSPS) is 14.7. The van der Waals surface area contributed by atoms with Crippen molar-refractivity contribution in [2.75, 3.05) is 18.8 Å². The third-order valence-corrected chi connectivity index (χ3v) is 7.70. The van der Waals surface area contributed by atoms with E-state index in [2.05, 4.69) is 46.7 Å². The molecular weight excluding hydrogens is 497 g/mol. The van der Waals surface area contributed by atoms with Gasteiger partial charge in [0.1, 0.15) is 11.6 Å². The van der Waals surface area contributed by atoms with Crippen molar-refractivity contribution in [1.29, 1.82) is 0 Å². The van der Waals surface area contributed by atoms with Gasteiger partial charge in [-0.05, 0) is 78.8 Å². The molecule has 0 amide bonds. The number of anilines is 1. The van der Waals surface area contributed by atoms with Crippen LogP contribution in [0.2, 0.25) is 0 Å². The molecule has 0 unspecified atom stereocenters. The Hall–Kier alpha value is -4.29. The van der Waals surface area contributed by atoms with E-state index in [1.54, 1.807) is 24.5 Å². The van der Waals surface area contributed by atoms with Gasteiger partial charge in [-0.3, -0.25) is 4.98 Å². The maximum absolute atomic E-state index is 13.5. The van der Waals surface area contributed by atoms with Crippen molar-refractivity contribution in [3.63, 3.8) is 0 Å². The lowest BCUT2D eigenvalue weighted by Gasteiger charge is -2.13. The van der Waals surface area contributed by atoms with E-state index in [0.717, 1.165) is 63.4 Å². The Morgan fingerprint density at radius 2 is 1.93 bits per heavy atom. The molecule has 2 aromatic heterocycles. The third kappa shape index (κ3) is 5.97. The molecule has 2 aromatic carbocycles. The number of hydrogen-bond donors (Lipinski definition) is 3. The number of nitrogens with one attached hydrogen (secondary N) is 2. The molecule has 1 aliphatic carbocycles. The Kier molecular flexibility index (Phi) is 8.37. The average molecular weight is 534 g/mol. The molecule has 1 fully saturated rings. The minimum Gasteiger partial charge on any atom is -0.398 e. The lowest BCUT2D eigenvalue weighted by atomic mass is 9.96. The summed E-state index contributed by atoms with van der Waals surface area (Å²) in [6.07, 6.45) is 15.0. The van der Waals surface area contributed by atoms with Crippen LogP contribution < -0.4 is 11.1 Å². The Bertz CT molecular complexity index is 1590. The van der Waals surface area contributed by atoms with E-state index in [9.17, 15) is 4.39 Å². The molecule has 5 rings (SSSR count). The Morgan fingerprint density at radius 3 is 2.65 bits per heavy atom. The quantitative estimate of drug-likeness (QED) is 0.144. The van der Waals surface area contributed by atoms with Gasteiger partial charge in [0.25, 0.3) is 0 Å². The van der Waals surface area contributed by atoms with E-state index in [4.69, 9.17) is 10.7 Å². The predicted octanol–water partition coefficient (Wildman–Crippen LogP) is 7.70. The highest BCUT2D eigenvalue weighted by Gasteiger charge is 2.16. The summed E-state index contributed by atoms with van der Waals surface area (Å²) in [5.41, 5.74) is 15.0. The molecule has 0 radical (unpaired) electrons. The molecule has 0 bridgehead atoms. The second-order valence-corrected chi connectivity index (χ2v) is 10.4. The second-order valence-electron chi connectivity index (χ2n) is 10.4. The summed E-state index contributed by atoms with van der Waals surface area (Å²) >= 11 is 0. The van der Waals surface area contributed by atoms with Crippen LogP contribution in [-0.4, -0.2) is 28.0 Å². The molecule has 0 aliphatic heterocycles. The molecule has 6 heteroatoms. The topological polar surface area (TPSA) is 79.6 Å². The molecule has 2 heterocycles. The minimum atomic E-state index is -0.286. The smallest absolute Gasteiger partial charge is 0.138 e. The van der Waals surface area contributed by atoms with Crippen molar-refractivity contribution in [3.05, 3.63) is 115 Å². The van der Waals surface area contributed by atoms with Gasteiger partial charge in [0.2, 0.25) is 0 Å². The minimum absolute atomic E-state index is 0.286. The van der Waals surface area contributed by atoms with Gasteiger partial charge in [-0.25, -0.2) is 9.37 Å². The van der Waals surface area contributed by atoms with Crippen LogP contribution in [0.1, 0.15) is 49.6 Å². The Morgan fingerprint density at radius 1 is 1.15 bits per heavy atom. The summed E-state index contributed by atoms with van der Waals surface area (Å²) in [7, 11) is 0. The van der Waals surface area contributed by atoms with Crippen LogP contribution in [0.5, 0.6) is 0 Å². The standard InChI is InChI=1S/C34H36FN5/c1-4-23(18-37-19-24-8-6-7-9-24)16-25(5-2)27-12-15-31(36)29(17-27)22(3)34-39-32-21-38-20-30(33(32)40-34)26-10-13-28(35)14-11-26/h4-5,10-17,20-21,24,37H,1,3,6-9,18-19,36H2,2H3,(H,39,40)/b23-16+,25-5+. The summed E-state index contributed by atoms with van der Waals surface area (Å²) in [5.74, 6) is 1.11. The molecule has 40 heavy (non-hydrogen) atoms. The Labute approximate surface area is 235 Å². The number of imidazole rings is 1. The van der Waals surface area contributed by atoms with Crippen molar-refractivity contribution < 1.29 is 4.39 Å². The van der Waals surface area contributed by atoms with E-state index in [-0.39, 0.29) is 5.82 Å². The van der Waals surface area contributed by atoms with Crippen LogP contribution in [0.3, 0.4) is 0 Å². The van der Waals surface area contributed by atoms with Crippen LogP contribution in [0.4, 0.5) is 10.1 Å². The number of pyridine rings is 1. The number of aromatic nitrogens is 3. The second kappa shape index (κ2) is 12.3. The summed E-state index contributed by atoms with van der Waals surface area (Å²) in [5, 5.41) is 3.61. The summed E-state index contributed by atoms with van der Waals surface area (Å²) in [6.45, 7) is 12.3. The highest BCUT2D eigenvalue weighted by atomic mass is 19.1. The lowest BCUT2D eigenvalue weighted by molar-refractivity contribution is 0.503. The van der Waals surface area contributed by atoms with Crippen molar-refractivity contribution >= 4 is 27.9 Å². The molecule has 4 aromatic rings. The fourth-order valence-corrected chi connectivity index (χ4v) is 5.39. The van der Waals surface area contributed by atoms with Gasteiger partial charge in [-0.2, -0.15) is 0 Å². The maximum Gasteiger partial charge on any atom is 0.138 e. The van der Waals surface area contributed by atoms with E-state index < -0.39 is 0 Å². The number of rotatable bonds is 10. The number of nitrogens with two attached hydrogens (primary N) is 1. The average Bonchev–Trinajstić information content (AvgIpc) is 3.65. The van der Waals surface area contributed by atoms with Crippen LogP contribution in [0.15, 0.2) is 91.8 Å². The fourth-order valence-electron chi connectivity index (χ4n) is 5.39. The first-order chi connectivity index (χ1) is 19.5. The number of aromatic amines is 1. The van der Waals surface area contributed by atoms with E-state index >= 15 is 0 Å². The number of H-pyrrole nitrogens is 1. The zero-order valence-electron chi connectivity index (χ0n) is 23.0. The van der Waals surface area contributed by atoms with Crippen molar-refractivity contribution in [2.24, 2.45) is 5.92 Å². The molecule has 0 atom stereocenters. The molecule has 5 nitrogen and oxygen atoms in total. The molecule has 1 aliphatic rings. The molecule has 0 saturated heterocycles. The van der Waals surface area contributed by atoms with Crippen molar-refractivity contribution in [3.8, 4) is 11.1 Å².